The van der Waals surface area contributed by atoms with Crippen LogP contribution in [0, 0.1) is 0 Å². The molecule has 1 aromatic rings. The summed E-state index contributed by atoms with van der Waals surface area (Å²) in [4.78, 5) is 19.7. The number of aliphatic imine (C=N–C) groups is 1. The van der Waals surface area contributed by atoms with Crippen molar-refractivity contribution in [3.05, 3.63) is 12.2 Å². The molecule has 0 aliphatic carbocycles. The summed E-state index contributed by atoms with van der Waals surface area (Å²) in [5.74, 6) is 1.49. The number of aromatic nitrogens is 3. The van der Waals surface area contributed by atoms with Crippen LogP contribution >= 0.6 is 24.0 Å². The molecule has 0 bridgehead atoms. The topological polar surface area (TPSA) is 105 Å². The van der Waals surface area contributed by atoms with Crippen LogP contribution in [0.25, 0.3) is 0 Å². The predicted molar refractivity (Wildman–Crippen MR) is 103 cm³/mol. The molecule has 0 aromatic carbocycles. The Labute approximate surface area is 160 Å². The molecular weight excluding hydrogens is 425 g/mol. The van der Waals surface area contributed by atoms with Gasteiger partial charge in [0, 0.05) is 27.2 Å². The van der Waals surface area contributed by atoms with Gasteiger partial charge in [0.1, 0.15) is 17.8 Å². The van der Waals surface area contributed by atoms with Crippen molar-refractivity contribution in [1.29, 1.82) is 0 Å². The second kappa shape index (κ2) is 11.0. The van der Waals surface area contributed by atoms with Gasteiger partial charge in [0.25, 0.3) is 0 Å². The lowest BCUT2D eigenvalue weighted by atomic mass is 10.2. The van der Waals surface area contributed by atoms with E-state index in [4.69, 9.17) is 4.74 Å². The van der Waals surface area contributed by atoms with E-state index in [1.165, 1.54) is 6.33 Å². The van der Waals surface area contributed by atoms with E-state index < -0.39 is 11.7 Å². The number of carbonyl (C=O) groups excluding carboxylic acids is 1. The fourth-order valence-corrected chi connectivity index (χ4v) is 1.66. The van der Waals surface area contributed by atoms with Crippen LogP contribution in [0.3, 0.4) is 0 Å². The third-order valence-electron chi connectivity index (χ3n) is 2.76. The average molecular weight is 453 g/mol. The van der Waals surface area contributed by atoms with E-state index in [0.717, 1.165) is 12.2 Å². The van der Waals surface area contributed by atoms with Crippen LogP contribution in [0.4, 0.5) is 4.79 Å². The van der Waals surface area contributed by atoms with Gasteiger partial charge in [0.15, 0.2) is 5.96 Å². The SMILES string of the molecule is CN=C(NCCCNC(=O)OC(C)(C)C)NCc1ncnn1C.I. The third-order valence-corrected chi connectivity index (χ3v) is 2.76. The second-order valence-electron chi connectivity index (χ2n) is 5.93. The van der Waals surface area contributed by atoms with Gasteiger partial charge >= 0.3 is 6.09 Å². The summed E-state index contributed by atoms with van der Waals surface area (Å²) in [6.45, 7) is 7.24. The lowest BCUT2D eigenvalue weighted by Gasteiger charge is -2.19. The Bertz CT molecular complexity index is 525. The molecule has 0 spiro atoms. The van der Waals surface area contributed by atoms with Gasteiger partial charge in [-0.3, -0.25) is 9.67 Å². The fourth-order valence-electron chi connectivity index (χ4n) is 1.66. The molecule has 1 heterocycles. The first-order chi connectivity index (χ1) is 10.8. The Hall–Kier alpha value is -1.59. The lowest BCUT2D eigenvalue weighted by molar-refractivity contribution is 0.0527. The summed E-state index contributed by atoms with van der Waals surface area (Å²) in [6.07, 6.45) is 1.86. The molecule has 0 radical (unpaired) electrons. The molecule has 9 nitrogen and oxygen atoms in total. The molecule has 1 rings (SSSR count). The van der Waals surface area contributed by atoms with E-state index in [-0.39, 0.29) is 24.0 Å². The summed E-state index contributed by atoms with van der Waals surface area (Å²) >= 11 is 0. The Balaban J connectivity index is 0.00000529. The van der Waals surface area contributed by atoms with Crippen LogP contribution in [0.2, 0.25) is 0 Å². The molecule has 0 saturated carbocycles. The van der Waals surface area contributed by atoms with Crippen molar-refractivity contribution in [2.45, 2.75) is 39.3 Å². The number of hydrogen-bond donors (Lipinski definition) is 3. The van der Waals surface area contributed by atoms with E-state index in [9.17, 15) is 4.79 Å². The van der Waals surface area contributed by atoms with E-state index >= 15 is 0 Å². The summed E-state index contributed by atoms with van der Waals surface area (Å²) in [7, 11) is 3.54. The average Bonchev–Trinajstić information content (AvgIpc) is 2.85. The highest BCUT2D eigenvalue weighted by Gasteiger charge is 2.15. The maximum atomic E-state index is 11.5. The van der Waals surface area contributed by atoms with Crippen molar-refractivity contribution in [3.63, 3.8) is 0 Å². The highest BCUT2D eigenvalue weighted by Crippen LogP contribution is 2.06. The number of rotatable bonds is 6. The van der Waals surface area contributed by atoms with Gasteiger partial charge in [0.2, 0.25) is 0 Å². The molecule has 138 valence electrons. The van der Waals surface area contributed by atoms with Crippen molar-refractivity contribution in [2.75, 3.05) is 20.1 Å². The van der Waals surface area contributed by atoms with E-state index in [1.54, 1.807) is 11.7 Å². The molecule has 10 heteroatoms. The standard InChI is InChI=1S/C14H27N7O2.HI/c1-14(2,3)23-13(22)17-8-6-7-16-12(15-4)18-9-11-19-10-20-21(11)5;/h10H,6-9H2,1-5H3,(H,17,22)(H2,15,16,18);1H. The number of carbonyl (C=O) groups is 1. The first-order valence-corrected chi connectivity index (χ1v) is 7.56. The summed E-state index contributed by atoms with van der Waals surface area (Å²) in [6, 6.07) is 0. The number of nitrogens with zero attached hydrogens (tertiary/aromatic N) is 4. The minimum atomic E-state index is -0.478. The minimum absolute atomic E-state index is 0. The molecule has 3 N–H and O–H groups in total. The number of nitrogens with one attached hydrogen (secondary N) is 3. The Kier molecular flexibility index (Phi) is 10.3. The molecule has 0 atom stereocenters. The van der Waals surface area contributed by atoms with Crippen molar-refractivity contribution >= 4 is 36.0 Å². The second-order valence-corrected chi connectivity index (χ2v) is 5.93. The number of hydrogen-bond acceptors (Lipinski definition) is 5. The molecule has 0 aliphatic heterocycles. The minimum Gasteiger partial charge on any atom is -0.444 e. The van der Waals surface area contributed by atoms with E-state index in [1.807, 2.05) is 27.8 Å². The number of aryl methyl sites for hydroxylation is 1. The van der Waals surface area contributed by atoms with Crippen molar-refractivity contribution in [2.24, 2.45) is 12.0 Å². The molecular formula is C14H28IN7O2. The van der Waals surface area contributed by atoms with Crippen LogP contribution in [0.5, 0.6) is 0 Å². The van der Waals surface area contributed by atoms with Gasteiger partial charge in [0.05, 0.1) is 6.54 Å². The number of amides is 1. The summed E-state index contributed by atoms with van der Waals surface area (Å²) < 4.78 is 6.86. The summed E-state index contributed by atoms with van der Waals surface area (Å²) in [5, 5.41) is 13.0. The molecule has 24 heavy (non-hydrogen) atoms. The van der Waals surface area contributed by atoms with Gasteiger partial charge in [-0.2, -0.15) is 5.10 Å². The highest BCUT2D eigenvalue weighted by molar-refractivity contribution is 14.0. The van der Waals surface area contributed by atoms with Gasteiger partial charge in [-0.15, -0.1) is 24.0 Å². The van der Waals surface area contributed by atoms with Crippen molar-refractivity contribution in [3.8, 4) is 0 Å². The van der Waals surface area contributed by atoms with Crippen molar-refractivity contribution in [1.82, 2.24) is 30.7 Å². The first-order valence-electron chi connectivity index (χ1n) is 7.56. The van der Waals surface area contributed by atoms with Crippen LogP contribution in [-0.4, -0.2) is 52.6 Å². The zero-order chi connectivity index (χ0) is 17.3. The highest BCUT2D eigenvalue weighted by atomic mass is 127. The van der Waals surface area contributed by atoms with Gasteiger partial charge in [-0.1, -0.05) is 0 Å². The molecule has 1 amide bonds. The zero-order valence-electron chi connectivity index (χ0n) is 14.9. The van der Waals surface area contributed by atoms with Crippen LogP contribution in [0.1, 0.15) is 33.0 Å². The van der Waals surface area contributed by atoms with Gasteiger partial charge < -0.3 is 20.7 Å². The largest absolute Gasteiger partial charge is 0.444 e. The molecule has 0 aliphatic rings. The molecule has 0 saturated heterocycles. The molecule has 1 aromatic heterocycles. The van der Waals surface area contributed by atoms with Gasteiger partial charge in [-0.05, 0) is 27.2 Å². The zero-order valence-corrected chi connectivity index (χ0v) is 17.2. The quantitative estimate of drug-likeness (QED) is 0.257. The number of guanidine groups is 1. The normalized spacial score (nSPS) is 11.5. The number of halogens is 1. The van der Waals surface area contributed by atoms with Gasteiger partial charge in [-0.25, -0.2) is 9.78 Å². The number of ether oxygens (including phenoxy) is 1. The molecule has 0 fully saturated rings. The lowest BCUT2D eigenvalue weighted by Crippen LogP contribution is -2.39. The Morgan fingerprint density at radius 3 is 2.50 bits per heavy atom. The number of alkyl carbamates (subject to hydrolysis) is 1. The first kappa shape index (κ1) is 22.4. The maximum absolute atomic E-state index is 11.5. The smallest absolute Gasteiger partial charge is 0.407 e. The maximum Gasteiger partial charge on any atom is 0.407 e. The Morgan fingerprint density at radius 2 is 1.96 bits per heavy atom. The monoisotopic (exact) mass is 453 g/mol. The fraction of sp³-hybridized carbons (Fsp3) is 0.714. The van der Waals surface area contributed by atoms with Crippen LogP contribution in [0.15, 0.2) is 11.3 Å². The van der Waals surface area contributed by atoms with Crippen molar-refractivity contribution < 1.29 is 9.53 Å². The third kappa shape index (κ3) is 9.53. The van der Waals surface area contributed by atoms with Crippen LogP contribution in [-0.2, 0) is 18.3 Å². The molecule has 0 unspecified atom stereocenters. The van der Waals surface area contributed by atoms with E-state index in [0.29, 0.717) is 25.6 Å². The summed E-state index contributed by atoms with van der Waals surface area (Å²) in [5.41, 5.74) is -0.478. The van der Waals surface area contributed by atoms with E-state index in [2.05, 4.69) is 31.0 Å². The van der Waals surface area contributed by atoms with Crippen LogP contribution < -0.4 is 16.0 Å². The Morgan fingerprint density at radius 1 is 1.29 bits per heavy atom. The predicted octanol–water partition coefficient (Wildman–Crippen LogP) is 1.01.